The normalized spacial score (nSPS) is 12.0. The third kappa shape index (κ3) is 8.81. The van der Waals surface area contributed by atoms with Crippen molar-refractivity contribution in [2.24, 2.45) is 0 Å². The lowest BCUT2D eigenvalue weighted by atomic mass is 10.0. The molecule has 0 saturated heterocycles. The molecule has 0 aliphatic rings. The molecule has 0 fully saturated rings. The van der Waals surface area contributed by atoms with Crippen molar-refractivity contribution in [2.45, 2.75) is 45.7 Å². The molecular formula is C30H35BrClN3O4S. The van der Waals surface area contributed by atoms with E-state index in [9.17, 15) is 18.0 Å². The number of halogens is 2. The van der Waals surface area contributed by atoms with Crippen molar-refractivity contribution in [3.63, 3.8) is 0 Å². The Hall–Kier alpha value is -2.88. The monoisotopic (exact) mass is 647 g/mol. The predicted molar refractivity (Wildman–Crippen MR) is 165 cm³/mol. The van der Waals surface area contributed by atoms with Gasteiger partial charge in [0, 0.05) is 42.0 Å². The highest BCUT2D eigenvalue weighted by molar-refractivity contribution is 9.10. The second kappa shape index (κ2) is 14.7. The maximum absolute atomic E-state index is 13.8. The Balaban J connectivity index is 1.87. The van der Waals surface area contributed by atoms with Crippen molar-refractivity contribution in [2.75, 3.05) is 23.7 Å². The third-order valence-electron chi connectivity index (χ3n) is 6.55. The molecule has 3 rings (SSSR count). The van der Waals surface area contributed by atoms with E-state index in [1.807, 2.05) is 61.5 Å². The lowest BCUT2D eigenvalue weighted by molar-refractivity contribution is -0.141. The first-order valence-corrected chi connectivity index (χ1v) is 16.1. The summed E-state index contributed by atoms with van der Waals surface area (Å²) in [5, 5.41) is 3.35. The minimum absolute atomic E-state index is 0.0624. The fraction of sp³-hybridized carbons (Fsp3) is 0.333. The van der Waals surface area contributed by atoms with E-state index in [-0.39, 0.29) is 37.7 Å². The van der Waals surface area contributed by atoms with Crippen molar-refractivity contribution in [1.82, 2.24) is 10.2 Å². The van der Waals surface area contributed by atoms with Crippen molar-refractivity contribution in [3.8, 4) is 0 Å². The van der Waals surface area contributed by atoms with Gasteiger partial charge < -0.3 is 10.2 Å². The average Bonchev–Trinajstić information content (AvgIpc) is 2.91. The van der Waals surface area contributed by atoms with Crippen LogP contribution in [-0.4, -0.2) is 50.5 Å². The van der Waals surface area contributed by atoms with Gasteiger partial charge in [-0.25, -0.2) is 8.42 Å². The molecule has 7 nitrogen and oxygen atoms in total. The molecule has 0 spiro atoms. The largest absolute Gasteiger partial charge is 0.355 e. The van der Waals surface area contributed by atoms with E-state index in [1.54, 1.807) is 30.0 Å². The van der Waals surface area contributed by atoms with Gasteiger partial charge in [-0.3, -0.25) is 13.9 Å². The number of hydrogen-bond acceptors (Lipinski definition) is 4. The van der Waals surface area contributed by atoms with Crippen LogP contribution in [0.2, 0.25) is 5.02 Å². The molecule has 214 valence electrons. The molecule has 3 aromatic rings. The number of anilines is 1. The van der Waals surface area contributed by atoms with Crippen molar-refractivity contribution in [3.05, 3.63) is 99.0 Å². The van der Waals surface area contributed by atoms with E-state index in [2.05, 4.69) is 21.2 Å². The van der Waals surface area contributed by atoms with Gasteiger partial charge in [-0.2, -0.15) is 0 Å². The van der Waals surface area contributed by atoms with Gasteiger partial charge in [-0.1, -0.05) is 76.1 Å². The maximum Gasteiger partial charge on any atom is 0.243 e. The van der Waals surface area contributed by atoms with E-state index in [1.165, 1.54) is 4.31 Å². The van der Waals surface area contributed by atoms with Crippen LogP contribution in [-0.2, 0) is 32.6 Å². The number of amides is 2. The first-order chi connectivity index (χ1) is 19.0. The zero-order chi connectivity index (χ0) is 29.3. The summed E-state index contributed by atoms with van der Waals surface area (Å²) in [6, 6.07) is 21.6. The minimum Gasteiger partial charge on any atom is -0.355 e. The number of carbonyl (C=O) groups is 2. The van der Waals surface area contributed by atoms with Crippen LogP contribution in [0.4, 0.5) is 5.69 Å². The molecule has 0 aliphatic heterocycles. The quantitative estimate of drug-likeness (QED) is 0.256. The van der Waals surface area contributed by atoms with E-state index in [0.29, 0.717) is 29.2 Å². The number of rotatable bonds is 13. The Morgan fingerprint density at radius 1 is 0.975 bits per heavy atom. The summed E-state index contributed by atoms with van der Waals surface area (Å²) < 4.78 is 27.6. The van der Waals surface area contributed by atoms with Gasteiger partial charge in [-0.05, 0) is 61.2 Å². The molecule has 1 atom stereocenters. The number of sulfonamides is 1. The predicted octanol–water partition coefficient (Wildman–Crippen LogP) is 5.73. The molecule has 0 bridgehead atoms. The van der Waals surface area contributed by atoms with E-state index < -0.39 is 16.1 Å². The fourth-order valence-electron chi connectivity index (χ4n) is 4.48. The van der Waals surface area contributed by atoms with Crippen LogP contribution in [0.5, 0.6) is 0 Å². The lowest BCUT2D eigenvalue weighted by Gasteiger charge is -2.32. The average molecular weight is 649 g/mol. The molecule has 0 heterocycles. The van der Waals surface area contributed by atoms with Crippen LogP contribution in [0, 0.1) is 6.92 Å². The molecule has 0 aliphatic carbocycles. The smallest absolute Gasteiger partial charge is 0.243 e. The van der Waals surface area contributed by atoms with Crippen LogP contribution in [0.3, 0.4) is 0 Å². The highest BCUT2D eigenvalue weighted by atomic mass is 79.9. The number of likely N-dealkylation sites (N-methyl/N-ethyl adjacent to an activating group) is 1. The summed E-state index contributed by atoms with van der Waals surface area (Å²) in [7, 11) is -3.62. The molecule has 1 unspecified atom stereocenters. The summed E-state index contributed by atoms with van der Waals surface area (Å²) in [6.45, 7) is 4.39. The summed E-state index contributed by atoms with van der Waals surface area (Å²) in [6.07, 6.45) is 1.82. The van der Waals surface area contributed by atoms with Crippen molar-refractivity contribution >= 4 is 55.1 Å². The SMILES string of the molecule is CCNC(=O)C(Cc1ccccc1)N(Cc1ccc(Br)cc1)C(=O)CCCN(c1cccc(Cl)c1C)S(C)(=O)=O. The Morgan fingerprint density at radius 3 is 2.27 bits per heavy atom. The van der Waals surface area contributed by atoms with Gasteiger partial charge in [-0.15, -0.1) is 0 Å². The second-order valence-corrected chi connectivity index (χ2v) is 12.8. The number of nitrogens with zero attached hydrogens (tertiary/aromatic N) is 2. The molecule has 0 radical (unpaired) electrons. The molecule has 3 aromatic carbocycles. The van der Waals surface area contributed by atoms with Gasteiger partial charge in [0.2, 0.25) is 21.8 Å². The maximum atomic E-state index is 13.8. The summed E-state index contributed by atoms with van der Waals surface area (Å²) in [4.78, 5) is 28.7. The Kier molecular flexibility index (Phi) is 11.6. The first-order valence-electron chi connectivity index (χ1n) is 13.1. The number of hydrogen-bond donors (Lipinski definition) is 1. The van der Waals surface area contributed by atoms with Crippen molar-refractivity contribution in [1.29, 1.82) is 0 Å². The standard InChI is InChI=1S/C30H35BrClN3O4S/c1-4-33-30(37)28(20-23-10-6-5-7-11-23)34(21-24-15-17-25(31)18-16-24)29(36)14-9-19-35(40(3,38)39)27-13-8-12-26(32)22(27)2/h5-8,10-13,15-18,28H,4,9,14,19-21H2,1-3H3,(H,33,37). The molecule has 2 amide bonds. The number of nitrogens with one attached hydrogen (secondary N) is 1. The zero-order valence-corrected chi connectivity index (χ0v) is 26.1. The van der Waals surface area contributed by atoms with Crippen LogP contribution in [0.25, 0.3) is 0 Å². The molecule has 40 heavy (non-hydrogen) atoms. The van der Waals surface area contributed by atoms with E-state index in [4.69, 9.17) is 11.6 Å². The molecule has 0 saturated carbocycles. The minimum atomic E-state index is -3.62. The Bertz CT molecular complexity index is 1400. The van der Waals surface area contributed by atoms with Gasteiger partial charge in [0.1, 0.15) is 6.04 Å². The molecular weight excluding hydrogens is 614 g/mol. The number of benzene rings is 3. The lowest BCUT2D eigenvalue weighted by Crippen LogP contribution is -2.50. The first kappa shape index (κ1) is 31.6. The third-order valence-corrected chi connectivity index (χ3v) is 8.67. The topological polar surface area (TPSA) is 86.8 Å². The molecule has 1 N–H and O–H groups in total. The second-order valence-electron chi connectivity index (χ2n) is 9.57. The molecule has 0 aromatic heterocycles. The van der Waals surface area contributed by atoms with Crippen LogP contribution >= 0.6 is 27.5 Å². The Morgan fingerprint density at radius 2 is 1.65 bits per heavy atom. The summed E-state index contributed by atoms with van der Waals surface area (Å²) in [5.41, 5.74) is 2.95. The van der Waals surface area contributed by atoms with Gasteiger partial charge in [0.15, 0.2) is 0 Å². The van der Waals surface area contributed by atoms with E-state index in [0.717, 1.165) is 21.9 Å². The Labute approximate surface area is 250 Å². The highest BCUT2D eigenvalue weighted by Crippen LogP contribution is 2.28. The zero-order valence-electron chi connectivity index (χ0n) is 22.9. The van der Waals surface area contributed by atoms with E-state index >= 15 is 0 Å². The van der Waals surface area contributed by atoms with Crippen LogP contribution in [0.1, 0.15) is 36.5 Å². The highest BCUT2D eigenvalue weighted by Gasteiger charge is 2.30. The van der Waals surface area contributed by atoms with Gasteiger partial charge >= 0.3 is 0 Å². The van der Waals surface area contributed by atoms with Crippen LogP contribution < -0.4 is 9.62 Å². The van der Waals surface area contributed by atoms with Crippen molar-refractivity contribution < 1.29 is 18.0 Å². The van der Waals surface area contributed by atoms with Gasteiger partial charge in [0.05, 0.1) is 11.9 Å². The van der Waals surface area contributed by atoms with Crippen LogP contribution in [0.15, 0.2) is 77.3 Å². The number of carbonyl (C=O) groups excluding carboxylic acids is 2. The summed E-state index contributed by atoms with van der Waals surface area (Å²) >= 11 is 9.70. The van der Waals surface area contributed by atoms with Gasteiger partial charge in [0.25, 0.3) is 0 Å². The fourth-order valence-corrected chi connectivity index (χ4v) is 5.93. The summed E-state index contributed by atoms with van der Waals surface area (Å²) in [5.74, 6) is -0.463. The molecule has 10 heteroatoms.